The minimum absolute atomic E-state index is 0.0308. The molecule has 7 atom stereocenters. The number of nitrogens with one attached hydrogen (secondary N) is 5. The molecule has 3 aliphatic rings. The number of aliphatic hydroxyl groups excluding tert-OH is 1. The molecule has 2 aromatic heterocycles. The number of aromatic nitrogens is 2. The largest absolute Gasteiger partial charge is 0.396 e. The third-order valence-corrected chi connectivity index (χ3v) is 18.5. The molecule has 89 heavy (non-hydrogen) atoms. The number of halogens is 1. The highest BCUT2D eigenvalue weighted by Crippen LogP contribution is 2.42. The second-order valence-electron chi connectivity index (χ2n) is 24.3. The number of nitrogens with zero attached hydrogens (tertiary/aromatic N) is 3. The molecule has 470 valence electrons. The van der Waals surface area contributed by atoms with Gasteiger partial charge in [-0.2, -0.15) is 0 Å². The summed E-state index contributed by atoms with van der Waals surface area (Å²) < 4.78 is 27.9. The fourth-order valence-electron chi connectivity index (χ4n) is 11.9. The number of amides is 7. The summed E-state index contributed by atoms with van der Waals surface area (Å²) in [7, 11) is -5.08. The molecule has 1 fully saturated rings. The minimum atomic E-state index is -5.08. The first-order valence-electron chi connectivity index (χ1n) is 29.6. The van der Waals surface area contributed by atoms with Crippen LogP contribution >= 0.6 is 18.9 Å². The van der Waals surface area contributed by atoms with E-state index in [2.05, 4.69) is 31.2 Å². The van der Waals surface area contributed by atoms with Crippen LogP contribution in [-0.2, 0) is 57.4 Å². The molecule has 5 heterocycles. The Labute approximate surface area is 517 Å². The lowest BCUT2D eigenvalue weighted by atomic mass is 9.85. The number of aliphatic hydroxyl groups is 1. The monoisotopic (exact) mass is 1260 g/mol. The Morgan fingerprint density at radius 3 is 2.30 bits per heavy atom. The van der Waals surface area contributed by atoms with Crippen LogP contribution < -0.4 is 31.9 Å². The summed E-state index contributed by atoms with van der Waals surface area (Å²) in [6.45, 7) is 9.10. The summed E-state index contributed by atoms with van der Waals surface area (Å²) in [6, 6.07) is 17.9. The molecule has 0 spiro atoms. The number of H-pyrrole nitrogens is 1. The Bertz CT molecular complexity index is 3800. The number of hydrogen-bond acceptors (Lipinski definition) is 13. The molecule has 0 saturated carbocycles. The van der Waals surface area contributed by atoms with E-state index < -0.39 is 114 Å². The first-order chi connectivity index (χ1) is 42.2. The molecule has 3 aliphatic heterocycles. The number of carbonyl (C=O) groups excluding carboxylic acids is 9. The van der Waals surface area contributed by atoms with E-state index in [1.165, 1.54) is 40.1 Å². The molecular formula is C64H73FN9O13PS. The van der Waals surface area contributed by atoms with Gasteiger partial charge in [0.25, 0.3) is 5.52 Å². The van der Waals surface area contributed by atoms with Gasteiger partial charge >= 0.3 is 7.60 Å². The Morgan fingerprint density at radius 2 is 1.61 bits per heavy atom. The number of Topliss-reactive ketones (excluding diaryl/α,β-unsaturated/α-hetero) is 1. The minimum Gasteiger partial charge on any atom is -0.391 e. The molecule has 22 nitrogen and oxygen atoms in total. The Balaban J connectivity index is 0.782. The number of fused-ring (bicyclic) bond motifs is 1. The Kier molecular flexibility index (Phi) is 19.9. The summed E-state index contributed by atoms with van der Waals surface area (Å²) in [4.78, 5) is 153. The zero-order chi connectivity index (χ0) is 64.2. The summed E-state index contributed by atoms with van der Waals surface area (Å²) in [5.41, 5.74) is 10.2. The van der Waals surface area contributed by atoms with Gasteiger partial charge in [-0.15, -0.1) is 11.3 Å². The van der Waals surface area contributed by atoms with Gasteiger partial charge in [-0.1, -0.05) is 81.8 Å². The van der Waals surface area contributed by atoms with E-state index in [0.717, 1.165) is 27.3 Å². The molecule has 0 aliphatic carbocycles. The highest BCUT2D eigenvalue weighted by atomic mass is 32.1. The van der Waals surface area contributed by atoms with Gasteiger partial charge in [-0.05, 0) is 116 Å². The molecule has 9 rings (SSSR count). The SMILES string of the molecule is Cc1ncsc1-c1ccc([C@H](C)NC(=O)[C@@H]2C[C@@H](O)CN2C(=O)[C@@H](NC(=O)CCCCCc2cccc(NC(=O)[C@H](CCC(N)=O)NC(=O)[C@@H]3Cc4cccc5c4N3C(=O)[C@@H](CC(=O)c3cc4cc(C(=O)P(=O)(O)O)ccc4[nH]3)CC5)c2F)C(C)(C)C)cc1. The van der Waals surface area contributed by atoms with Crippen LogP contribution in [-0.4, -0.2) is 119 Å². The third-order valence-electron chi connectivity index (χ3n) is 16.7. The fourth-order valence-corrected chi connectivity index (χ4v) is 13.2. The number of hydrogen-bond donors (Lipinski definition) is 9. The number of para-hydroxylation sites is 1. The number of nitrogens with two attached hydrogens (primary N) is 1. The Hall–Kier alpha value is -8.28. The van der Waals surface area contributed by atoms with E-state index in [0.29, 0.717) is 47.8 Å². The molecule has 4 aromatic carbocycles. The first-order valence-corrected chi connectivity index (χ1v) is 32.1. The summed E-state index contributed by atoms with van der Waals surface area (Å²) >= 11 is 1.54. The first kappa shape index (κ1) is 65.2. The summed E-state index contributed by atoms with van der Waals surface area (Å²) in [5, 5.41) is 22.2. The van der Waals surface area contributed by atoms with E-state index in [4.69, 9.17) is 5.73 Å². The number of unbranched alkanes of at least 4 members (excludes halogenated alkanes) is 2. The predicted octanol–water partition coefficient (Wildman–Crippen LogP) is 7.01. The van der Waals surface area contributed by atoms with Crippen LogP contribution in [0.5, 0.6) is 0 Å². The van der Waals surface area contributed by atoms with Crippen LogP contribution in [0.1, 0.15) is 140 Å². The maximum absolute atomic E-state index is 16.2. The second-order valence-corrected chi connectivity index (χ2v) is 26.7. The highest BCUT2D eigenvalue weighted by molar-refractivity contribution is 7.70. The van der Waals surface area contributed by atoms with E-state index in [1.807, 2.05) is 44.2 Å². The van der Waals surface area contributed by atoms with Crippen LogP contribution in [0.2, 0.25) is 0 Å². The van der Waals surface area contributed by atoms with Crippen molar-refractivity contribution in [2.75, 3.05) is 16.8 Å². The maximum Gasteiger partial charge on any atom is 0.396 e. The van der Waals surface area contributed by atoms with Crippen LogP contribution in [0, 0.1) is 24.1 Å². The number of anilines is 2. The lowest BCUT2D eigenvalue weighted by Gasteiger charge is -2.35. The van der Waals surface area contributed by atoms with Crippen LogP contribution in [0.4, 0.5) is 15.8 Å². The molecular weight excluding hydrogens is 1180 g/mol. The van der Waals surface area contributed by atoms with E-state index in [1.54, 1.807) is 61.9 Å². The quantitative estimate of drug-likeness (QED) is 0.0167. The zero-order valence-corrected chi connectivity index (χ0v) is 51.7. The van der Waals surface area contributed by atoms with E-state index in [-0.39, 0.29) is 80.4 Å². The van der Waals surface area contributed by atoms with Crippen LogP contribution in [0.15, 0.2) is 90.4 Å². The van der Waals surface area contributed by atoms with Gasteiger partial charge in [0.2, 0.25) is 41.4 Å². The number of aryl methyl sites for hydroxylation is 3. The lowest BCUT2D eigenvalue weighted by Crippen LogP contribution is -2.57. The van der Waals surface area contributed by atoms with Gasteiger partial charge < -0.3 is 51.8 Å². The Morgan fingerprint density at radius 1 is 0.888 bits per heavy atom. The fraction of sp³-hybridized carbons (Fsp3) is 0.406. The van der Waals surface area contributed by atoms with Crippen LogP contribution in [0.3, 0.4) is 0 Å². The van der Waals surface area contributed by atoms with Gasteiger partial charge in [0, 0.05) is 61.0 Å². The number of likely N-dealkylation sites (tertiary alicyclic amines) is 1. The van der Waals surface area contributed by atoms with Gasteiger partial charge in [0.15, 0.2) is 5.78 Å². The van der Waals surface area contributed by atoms with E-state index >= 15 is 4.39 Å². The zero-order valence-electron chi connectivity index (χ0n) is 50.0. The number of ketones is 1. The topological polar surface area (TPSA) is 341 Å². The number of thiazole rings is 1. The molecule has 7 amide bonds. The second kappa shape index (κ2) is 27.2. The number of carbonyl (C=O) groups is 9. The average Bonchev–Trinajstić information content (AvgIpc) is 1.63. The molecule has 0 bridgehead atoms. The molecule has 6 aromatic rings. The average molecular weight is 1260 g/mol. The predicted molar refractivity (Wildman–Crippen MR) is 331 cm³/mol. The number of benzene rings is 4. The number of rotatable bonds is 24. The lowest BCUT2D eigenvalue weighted by molar-refractivity contribution is -0.144. The van der Waals surface area contributed by atoms with Crippen LogP contribution in [0.25, 0.3) is 21.3 Å². The van der Waals surface area contributed by atoms with Gasteiger partial charge in [0.05, 0.1) is 45.3 Å². The smallest absolute Gasteiger partial charge is 0.391 e. The van der Waals surface area contributed by atoms with Crippen molar-refractivity contribution in [2.45, 2.75) is 148 Å². The molecule has 0 radical (unpaired) electrons. The van der Waals surface area contributed by atoms with Crippen molar-refractivity contribution >= 4 is 93.9 Å². The molecule has 10 N–H and O–H groups in total. The number of primary amides is 1. The van der Waals surface area contributed by atoms with Crippen molar-refractivity contribution in [1.82, 2.24) is 30.8 Å². The van der Waals surface area contributed by atoms with Gasteiger partial charge in [-0.3, -0.25) is 52.6 Å². The van der Waals surface area contributed by atoms with Crippen molar-refractivity contribution in [3.63, 3.8) is 0 Å². The number of β-amino-alcohol motifs (C(OH)–C–C–N with tert-alkyl or cyclic N) is 1. The summed E-state index contributed by atoms with van der Waals surface area (Å²) in [5.74, 6) is -6.34. The molecule has 1 saturated heterocycles. The van der Waals surface area contributed by atoms with Crippen molar-refractivity contribution in [1.29, 1.82) is 0 Å². The number of aromatic amines is 1. The molecule has 25 heteroatoms. The van der Waals surface area contributed by atoms with Gasteiger partial charge in [-0.25, -0.2) is 9.37 Å². The molecule has 0 unspecified atom stereocenters. The van der Waals surface area contributed by atoms with Crippen molar-refractivity contribution in [3.05, 3.63) is 135 Å². The van der Waals surface area contributed by atoms with Crippen molar-refractivity contribution < 1.29 is 67.0 Å². The third kappa shape index (κ3) is 15.1. The normalized spacial score (nSPS) is 18.4. The van der Waals surface area contributed by atoms with E-state index in [9.17, 15) is 62.6 Å². The standard InChI is InChI=1S/C64H73FN9O13PS/c1-34(36-17-20-39(21-18-36)56-35(2)67-33-89-56)68-59(80)49-31-44(75)32-73(49)62(83)57(64(3,4)5)72-53(78)16-8-6-7-11-37-12-10-15-46(54(37)65)70-58(79)47(25-26-52(66)77)71-60(81)50-29-40-14-9-13-38-19-22-41(61(82)74(50)55(38)40)30-51(76)48-28-43-27-42(23-24-45(43)69-48)63(84)88(85,86)87/h9-10,12-15,17-18,20-21,23-24,27-28,33-34,41,44,47,49-50,57,69,75H,6-8,11,16,19,22,25-26,29-32H2,1-5H3,(H2,66,77)(H,68,80)(H,70,79)(H,71,81)(H,72,78)(H2,85,86,87)/t34-,41+,44+,47-,49-,50-,57+/m0/s1. The summed E-state index contributed by atoms with van der Waals surface area (Å²) in [6.07, 6.45) is 0.418. The maximum atomic E-state index is 16.2. The van der Waals surface area contributed by atoms with Gasteiger partial charge in [0.1, 0.15) is 30.0 Å². The van der Waals surface area contributed by atoms with Crippen molar-refractivity contribution in [2.24, 2.45) is 17.1 Å². The van der Waals surface area contributed by atoms with Crippen molar-refractivity contribution in [3.8, 4) is 10.4 Å². The highest BCUT2D eigenvalue weighted by Gasteiger charge is 2.47.